The van der Waals surface area contributed by atoms with Gasteiger partial charge in [-0.25, -0.2) is 0 Å². The SMILES string of the molecule is [Se]=C(CC1CS1)CC1[Te]C[Te]C1CC(=[Se])CC1CS1. The van der Waals surface area contributed by atoms with Crippen LogP contribution in [0.3, 0.4) is 0 Å². The summed E-state index contributed by atoms with van der Waals surface area (Å²) in [5, 5.41) is 1.98. The van der Waals surface area contributed by atoms with E-state index in [1.54, 1.807) is 11.4 Å². The second kappa shape index (κ2) is 8.24. The first kappa shape index (κ1) is 16.9. The fourth-order valence-corrected chi connectivity index (χ4v) is 23.0. The minimum atomic E-state index is 0.357. The van der Waals surface area contributed by atoms with Crippen LogP contribution >= 0.6 is 23.5 Å². The zero-order chi connectivity index (χ0) is 13.2. The van der Waals surface area contributed by atoms with E-state index in [1.807, 2.05) is 0 Å². The maximum absolute atomic E-state index is 3.41. The van der Waals surface area contributed by atoms with Gasteiger partial charge in [0.25, 0.3) is 0 Å². The van der Waals surface area contributed by atoms with Crippen molar-refractivity contribution in [2.45, 2.75) is 46.6 Å². The maximum atomic E-state index is 3.41. The average Bonchev–Trinajstić information content (AvgIpc) is 3.25. The first-order valence-electron chi connectivity index (χ1n) is 6.70. The summed E-state index contributed by atoms with van der Waals surface area (Å²) in [5.41, 5.74) is 0. The van der Waals surface area contributed by atoms with Gasteiger partial charge in [-0.2, -0.15) is 0 Å². The van der Waals surface area contributed by atoms with E-state index < -0.39 is 0 Å². The molecule has 0 aliphatic carbocycles. The molecule has 0 spiro atoms. The van der Waals surface area contributed by atoms with Crippen molar-refractivity contribution in [1.82, 2.24) is 0 Å². The Bertz CT molecular complexity index is 336. The molecular formula is C13H18S2Se2Te2. The third-order valence-corrected chi connectivity index (χ3v) is 19.8. The number of thioether (sulfide) groups is 2. The quantitative estimate of drug-likeness (QED) is 0.291. The molecule has 19 heavy (non-hydrogen) atoms. The van der Waals surface area contributed by atoms with E-state index in [-0.39, 0.29) is 0 Å². The van der Waals surface area contributed by atoms with Crippen molar-refractivity contribution in [3.63, 3.8) is 0 Å². The molecule has 0 aromatic carbocycles. The second-order valence-electron chi connectivity index (χ2n) is 5.33. The van der Waals surface area contributed by atoms with Crippen molar-refractivity contribution < 1.29 is 0 Å². The Morgan fingerprint density at radius 2 is 1.26 bits per heavy atom. The molecule has 3 heterocycles. The molecule has 0 nitrogen and oxygen atoms in total. The summed E-state index contributed by atoms with van der Waals surface area (Å²) in [5.74, 6) is 2.84. The molecule has 0 aromatic rings. The van der Waals surface area contributed by atoms with Crippen LogP contribution < -0.4 is 0 Å². The summed E-state index contributed by atoms with van der Waals surface area (Å²) in [4.78, 5) is 0. The Balaban J connectivity index is 1.43. The van der Waals surface area contributed by atoms with E-state index in [2.05, 4.69) is 54.7 Å². The van der Waals surface area contributed by atoms with Crippen molar-refractivity contribution >= 4 is 105 Å². The van der Waals surface area contributed by atoms with E-state index in [0.29, 0.717) is 41.8 Å². The molecule has 0 radical (unpaired) electrons. The molecule has 0 bridgehead atoms. The predicted molar refractivity (Wildman–Crippen MR) is 96.3 cm³/mol. The molecule has 106 valence electrons. The summed E-state index contributed by atoms with van der Waals surface area (Å²) in [6.07, 6.45) is 5.68. The Kier molecular flexibility index (Phi) is 7.33. The number of hydrogen-bond donors (Lipinski definition) is 0. The van der Waals surface area contributed by atoms with Crippen molar-refractivity contribution in [2.24, 2.45) is 0 Å². The molecule has 0 saturated carbocycles. The fraction of sp³-hybridized carbons (Fsp3) is 0.846. The normalized spacial score (nSPS) is 36.2. The van der Waals surface area contributed by atoms with Crippen LogP contribution in [0.25, 0.3) is 0 Å². The third kappa shape index (κ3) is 6.22. The van der Waals surface area contributed by atoms with Gasteiger partial charge < -0.3 is 0 Å². The number of hydrogen-bond acceptors (Lipinski definition) is 2. The van der Waals surface area contributed by atoms with Crippen LogP contribution in [0, 0.1) is 0 Å². The van der Waals surface area contributed by atoms with Gasteiger partial charge in [0.1, 0.15) is 0 Å². The molecule has 4 atom stereocenters. The van der Waals surface area contributed by atoms with Gasteiger partial charge in [-0.3, -0.25) is 0 Å². The Hall–Kier alpha value is 3.06. The van der Waals surface area contributed by atoms with Gasteiger partial charge in [0, 0.05) is 0 Å². The van der Waals surface area contributed by atoms with Gasteiger partial charge in [-0.05, 0) is 0 Å². The molecular weight excluding hydrogens is 633 g/mol. The average molecular weight is 652 g/mol. The van der Waals surface area contributed by atoms with E-state index in [4.69, 9.17) is 0 Å². The Morgan fingerprint density at radius 1 is 0.842 bits per heavy atom. The van der Waals surface area contributed by atoms with Crippen LogP contribution in [0.15, 0.2) is 0 Å². The Morgan fingerprint density at radius 3 is 1.63 bits per heavy atom. The fourth-order valence-electron chi connectivity index (χ4n) is 2.30. The first-order valence-corrected chi connectivity index (χ1v) is 16.5. The van der Waals surface area contributed by atoms with E-state index in [9.17, 15) is 0 Å². The molecule has 3 aliphatic heterocycles. The van der Waals surface area contributed by atoms with Gasteiger partial charge in [0.05, 0.1) is 0 Å². The van der Waals surface area contributed by atoms with Crippen LogP contribution in [0.5, 0.6) is 0 Å². The third-order valence-electron chi connectivity index (χ3n) is 3.55. The van der Waals surface area contributed by atoms with Gasteiger partial charge in [-0.1, -0.05) is 0 Å². The monoisotopic (exact) mass is 658 g/mol. The zero-order valence-electron chi connectivity index (χ0n) is 10.7. The van der Waals surface area contributed by atoms with E-state index >= 15 is 0 Å². The predicted octanol–water partition coefficient (Wildman–Crippen LogP) is 1.83. The van der Waals surface area contributed by atoms with Gasteiger partial charge in [0.15, 0.2) is 0 Å². The molecule has 4 unspecified atom stereocenters. The zero-order valence-corrected chi connectivity index (χ0v) is 20.4. The summed E-state index contributed by atoms with van der Waals surface area (Å²) in [6.45, 7) is 0. The van der Waals surface area contributed by atoms with E-state index in [1.165, 1.54) is 37.2 Å². The van der Waals surface area contributed by atoms with Crippen LogP contribution in [0.4, 0.5) is 0 Å². The van der Waals surface area contributed by atoms with Gasteiger partial charge >= 0.3 is 163 Å². The molecule has 3 saturated heterocycles. The van der Waals surface area contributed by atoms with Crippen molar-refractivity contribution in [3.05, 3.63) is 0 Å². The van der Waals surface area contributed by atoms with Gasteiger partial charge in [-0.15, -0.1) is 0 Å². The standard InChI is InChI=1S/C13H18S2Se2Te2/c16-10(1-8-5-14-8)3-12-13(19-7-18-12)4-11(17)2-9-6-15-9/h8-9,12-13H,1-7H2. The van der Waals surface area contributed by atoms with E-state index in [0.717, 1.165) is 18.4 Å². The van der Waals surface area contributed by atoms with Crippen LogP contribution in [-0.4, -0.2) is 104 Å². The molecule has 6 heteroatoms. The summed E-state index contributed by atoms with van der Waals surface area (Å²) < 4.78 is 7.46. The molecule has 3 rings (SSSR count). The molecule has 3 aliphatic rings. The van der Waals surface area contributed by atoms with Crippen LogP contribution in [-0.2, 0) is 0 Å². The molecule has 0 amide bonds. The topological polar surface area (TPSA) is 0 Å². The summed E-state index contributed by atoms with van der Waals surface area (Å²) in [6, 6.07) is 0. The molecule has 0 N–H and O–H groups in total. The van der Waals surface area contributed by atoms with Crippen LogP contribution in [0.1, 0.15) is 25.7 Å². The number of rotatable bonds is 8. The molecule has 0 aromatic heterocycles. The minimum absolute atomic E-state index is 0.357. The van der Waals surface area contributed by atoms with Crippen LogP contribution in [0.2, 0.25) is 10.4 Å². The van der Waals surface area contributed by atoms with Crippen molar-refractivity contribution in [1.29, 1.82) is 0 Å². The summed E-state index contributed by atoms with van der Waals surface area (Å²) >= 11 is 11.8. The first-order chi connectivity index (χ1) is 9.20. The Labute approximate surface area is 161 Å². The van der Waals surface area contributed by atoms with Gasteiger partial charge in [0.2, 0.25) is 0 Å². The molecule has 3 fully saturated rings. The summed E-state index contributed by atoms with van der Waals surface area (Å²) in [7, 11) is 0. The van der Waals surface area contributed by atoms with Crippen molar-refractivity contribution in [2.75, 3.05) is 11.5 Å². The second-order valence-corrected chi connectivity index (χ2v) is 21.0. The van der Waals surface area contributed by atoms with Crippen molar-refractivity contribution in [3.8, 4) is 0 Å².